The Hall–Kier alpha value is -0.940. The molecule has 0 saturated heterocycles. The van der Waals surface area contributed by atoms with Crippen LogP contribution >= 0.6 is 15.9 Å². The third-order valence-corrected chi connectivity index (χ3v) is 2.73. The summed E-state index contributed by atoms with van der Waals surface area (Å²) in [6.07, 6.45) is 0.670. The second-order valence-corrected chi connectivity index (χ2v) is 3.80. The van der Waals surface area contributed by atoms with E-state index >= 15 is 0 Å². The Kier molecular flexibility index (Phi) is 3.60. The number of nitrogens with two attached hydrogens (primary N) is 1. The number of nitrogens with zero attached hydrogens (tertiary/aromatic N) is 1. The van der Waals surface area contributed by atoms with Crippen LogP contribution in [-0.4, -0.2) is 4.92 Å². The lowest BCUT2D eigenvalue weighted by atomic mass is 10.0. The number of halogens is 1. The van der Waals surface area contributed by atoms with E-state index in [1.54, 1.807) is 12.1 Å². The Labute approximate surface area is 90.4 Å². The molecule has 0 radical (unpaired) electrons. The highest BCUT2D eigenvalue weighted by atomic mass is 79.9. The third kappa shape index (κ3) is 2.10. The SMILES string of the molecule is CCC(N)c1c(Br)cccc1[N+](=O)[O-]. The Morgan fingerprint density at radius 3 is 2.79 bits per heavy atom. The van der Waals surface area contributed by atoms with Crippen molar-refractivity contribution < 1.29 is 4.92 Å². The van der Waals surface area contributed by atoms with E-state index in [0.717, 1.165) is 0 Å². The van der Waals surface area contributed by atoms with Gasteiger partial charge in [0.2, 0.25) is 0 Å². The fraction of sp³-hybridized carbons (Fsp3) is 0.333. The van der Waals surface area contributed by atoms with E-state index in [-0.39, 0.29) is 11.7 Å². The second kappa shape index (κ2) is 4.52. The number of hydrogen-bond donors (Lipinski definition) is 1. The fourth-order valence-electron chi connectivity index (χ4n) is 1.26. The number of nitro benzene ring substituents is 1. The lowest BCUT2D eigenvalue weighted by molar-refractivity contribution is -0.385. The van der Waals surface area contributed by atoms with Gasteiger partial charge in [-0.25, -0.2) is 0 Å². The van der Waals surface area contributed by atoms with E-state index in [4.69, 9.17) is 5.73 Å². The van der Waals surface area contributed by atoms with Crippen LogP contribution in [0, 0.1) is 10.1 Å². The molecule has 1 unspecified atom stereocenters. The number of benzene rings is 1. The molecule has 0 spiro atoms. The van der Waals surface area contributed by atoms with E-state index in [1.807, 2.05) is 6.92 Å². The molecule has 2 N–H and O–H groups in total. The number of nitro groups is 1. The van der Waals surface area contributed by atoms with Crippen molar-refractivity contribution >= 4 is 21.6 Å². The molecule has 0 aliphatic carbocycles. The lowest BCUT2D eigenvalue weighted by Gasteiger charge is -2.11. The Morgan fingerprint density at radius 1 is 1.64 bits per heavy atom. The van der Waals surface area contributed by atoms with Gasteiger partial charge in [0.05, 0.1) is 10.5 Å². The molecule has 76 valence electrons. The zero-order valence-electron chi connectivity index (χ0n) is 7.74. The van der Waals surface area contributed by atoms with Gasteiger partial charge in [0.25, 0.3) is 5.69 Å². The molecular formula is C9H11BrN2O2. The van der Waals surface area contributed by atoms with Crippen molar-refractivity contribution in [3.63, 3.8) is 0 Å². The van der Waals surface area contributed by atoms with Gasteiger partial charge < -0.3 is 5.73 Å². The largest absolute Gasteiger partial charge is 0.324 e. The van der Waals surface area contributed by atoms with Crippen molar-refractivity contribution in [3.8, 4) is 0 Å². The van der Waals surface area contributed by atoms with Gasteiger partial charge in [0, 0.05) is 16.6 Å². The normalized spacial score (nSPS) is 12.5. The van der Waals surface area contributed by atoms with Crippen LogP contribution in [0.25, 0.3) is 0 Å². The van der Waals surface area contributed by atoms with Gasteiger partial charge in [-0.15, -0.1) is 0 Å². The van der Waals surface area contributed by atoms with Gasteiger partial charge in [0.15, 0.2) is 0 Å². The molecule has 1 aromatic carbocycles. The number of hydrogen-bond acceptors (Lipinski definition) is 3. The molecule has 0 amide bonds. The first-order chi connectivity index (χ1) is 6.57. The van der Waals surface area contributed by atoms with Crippen LogP contribution in [0.15, 0.2) is 22.7 Å². The molecule has 1 atom stereocenters. The van der Waals surface area contributed by atoms with Gasteiger partial charge >= 0.3 is 0 Å². The number of rotatable bonds is 3. The zero-order chi connectivity index (χ0) is 10.7. The maximum atomic E-state index is 10.7. The van der Waals surface area contributed by atoms with Crippen molar-refractivity contribution in [2.24, 2.45) is 5.73 Å². The molecule has 0 saturated carbocycles. The van der Waals surface area contributed by atoms with E-state index < -0.39 is 4.92 Å². The van der Waals surface area contributed by atoms with Crippen molar-refractivity contribution in [2.45, 2.75) is 19.4 Å². The third-order valence-electron chi connectivity index (χ3n) is 2.04. The minimum Gasteiger partial charge on any atom is -0.324 e. The molecular weight excluding hydrogens is 248 g/mol. The van der Waals surface area contributed by atoms with Crippen molar-refractivity contribution in [1.29, 1.82) is 0 Å². The minimum atomic E-state index is -0.407. The minimum absolute atomic E-state index is 0.0775. The topological polar surface area (TPSA) is 69.2 Å². The first-order valence-corrected chi connectivity index (χ1v) is 5.05. The molecule has 0 aliphatic heterocycles. The zero-order valence-corrected chi connectivity index (χ0v) is 9.32. The first-order valence-electron chi connectivity index (χ1n) is 4.26. The maximum Gasteiger partial charge on any atom is 0.275 e. The predicted molar refractivity (Wildman–Crippen MR) is 58.0 cm³/mol. The molecule has 0 aliphatic rings. The van der Waals surface area contributed by atoms with Crippen molar-refractivity contribution in [2.75, 3.05) is 0 Å². The quantitative estimate of drug-likeness (QED) is 0.670. The van der Waals surface area contributed by atoms with Crippen LogP contribution in [0.4, 0.5) is 5.69 Å². The first kappa shape index (κ1) is 11.1. The summed E-state index contributed by atoms with van der Waals surface area (Å²) >= 11 is 3.27. The van der Waals surface area contributed by atoms with Crippen LogP contribution in [-0.2, 0) is 0 Å². The lowest BCUT2D eigenvalue weighted by Crippen LogP contribution is -2.11. The maximum absolute atomic E-state index is 10.7. The summed E-state index contributed by atoms with van der Waals surface area (Å²) in [5.41, 5.74) is 6.45. The van der Waals surface area contributed by atoms with Crippen LogP contribution < -0.4 is 5.73 Å². The Balaban J connectivity index is 3.29. The summed E-state index contributed by atoms with van der Waals surface area (Å²) in [6, 6.07) is 4.56. The Morgan fingerprint density at radius 2 is 2.29 bits per heavy atom. The molecule has 0 fully saturated rings. The second-order valence-electron chi connectivity index (χ2n) is 2.94. The van der Waals surface area contributed by atoms with Gasteiger partial charge in [-0.3, -0.25) is 10.1 Å². The summed E-state index contributed by atoms with van der Waals surface area (Å²) in [4.78, 5) is 10.3. The van der Waals surface area contributed by atoms with Crippen LogP contribution in [0.5, 0.6) is 0 Å². The van der Waals surface area contributed by atoms with E-state index in [1.165, 1.54) is 6.07 Å². The summed E-state index contributed by atoms with van der Waals surface area (Å²) in [5, 5.41) is 10.7. The van der Waals surface area contributed by atoms with E-state index in [9.17, 15) is 10.1 Å². The highest BCUT2D eigenvalue weighted by Gasteiger charge is 2.20. The molecule has 0 heterocycles. The molecule has 5 heteroatoms. The smallest absolute Gasteiger partial charge is 0.275 e. The molecule has 0 aromatic heterocycles. The van der Waals surface area contributed by atoms with Gasteiger partial charge in [-0.1, -0.05) is 28.9 Å². The Bertz CT molecular complexity index is 355. The molecule has 1 aromatic rings. The molecule has 1 rings (SSSR count). The standard InChI is InChI=1S/C9H11BrN2O2/c1-2-7(11)9-6(10)4-3-5-8(9)12(13)14/h3-5,7H,2,11H2,1H3. The summed E-state index contributed by atoms with van der Waals surface area (Å²) < 4.78 is 0.695. The van der Waals surface area contributed by atoms with Crippen molar-refractivity contribution in [1.82, 2.24) is 0 Å². The fourth-order valence-corrected chi connectivity index (χ4v) is 1.91. The van der Waals surface area contributed by atoms with Crippen LogP contribution in [0.1, 0.15) is 24.9 Å². The predicted octanol–water partition coefficient (Wildman–Crippen LogP) is 2.77. The average Bonchev–Trinajstić information content (AvgIpc) is 2.16. The summed E-state index contributed by atoms with van der Waals surface area (Å²) in [5.74, 6) is 0. The highest BCUT2D eigenvalue weighted by Crippen LogP contribution is 2.32. The molecule has 0 bridgehead atoms. The highest BCUT2D eigenvalue weighted by molar-refractivity contribution is 9.10. The van der Waals surface area contributed by atoms with E-state index in [2.05, 4.69) is 15.9 Å². The van der Waals surface area contributed by atoms with Gasteiger partial charge in [0.1, 0.15) is 0 Å². The summed E-state index contributed by atoms with van der Waals surface area (Å²) in [6.45, 7) is 1.90. The molecule has 4 nitrogen and oxygen atoms in total. The van der Waals surface area contributed by atoms with Crippen LogP contribution in [0.3, 0.4) is 0 Å². The van der Waals surface area contributed by atoms with Gasteiger partial charge in [-0.2, -0.15) is 0 Å². The average molecular weight is 259 g/mol. The van der Waals surface area contributed by atoms with E-state index in [0.29, 0.717) is 16.5 Å². The summed E-state index contributed by atoms with van der Waals surface area (Å²) in [7, 11) is 0. The van der Waals surface area contributed by atoms with Crippen LogP contribution in [0.2, 0.25) is 0 Å². The van der Waals surface area contributed by atoms with Crippen molar-refractivity contribution in [3.05, 3.63) is 38.3 Å². The monoisotopic (exact) mass is 258 g/mol. The molecule has 14 heavy (non-hydrogen) atoms. The van der Waals surface area contributed by atoms with Gasteiger partial charge in [-0.05, 0) is 12.5 Å².